The number of aryl methyl sites for hydroxylation is 1. The highest BCUT2D eigenvalue weighted by atomic mass is 32.2. The van der Waals surface area contributed by atoms with E-state index >= 15 is 0 Å². The maximum Gasteiger partial charge on any atom is 0.208 e. The minimum absolute atomic E-state index is 0.228. The predicted octanol–water partition coefficient (Wildman–Crippen LogP) is 3.22. The lowest BCUT2D eigenvalue weighted by atomic mass is 10.1. The van der Waals surface area contributed by atoms with Gasteiger partial charge < -0.3 is 10.6 Å². The van der Waals surface area contributed by atoms with E-state index < -0.39 is 0 Å². The van der Waals surface area contributed by atoms with Crippen molar-refractivity contribution in [1.82, 2.24) is 10.2 Å². The van der Waals surface area contributed by atoms with Gasteiger partial charge in [0.25, 0.3) is 0 Å². The molecule has 1 aromatic heterocycles. The molecular formula is C13H17FN4S2. The zero-order valence-electron chi connectivity index (χ0n) is 11.8. The Kier molecular flexibility index (Phi) is 4.62. The molecule has 20 heavy (non-hydrogen) atoms. The van der Waals surface area contributed by atoms with E-state index in [1.54, 1.807) is 6.92 Å². The van der Waals surface area contributed by atoms with Crippen molar-refractivity contribution in [2.45, 2.75) is 29.1 Å². The van der Waals surface area contributed by atoms with Crippen molar-refractivity contribution in [2.75, 3.05) is 19.0 Å². The fourth-order valence-electron chi connectivity index (χ4n) is 1.63. The lowest BCUT2D eigenvalue weighted by molar-refractivity contribution is 0.610. The Morgan fingerprint density at radius 3 is 2.60 bits per heavy atom. The molecule has 0 unspecified atom stereocenters. The standard InChI is InChI=1S/C13H17FN4S2/c1-7-5-11(9(8(2)15)6-10(7)14)19-13-17-16-12(20-13)18(3)4/h5-6,8H,15H2,1-4H3/t8-/m1/s1. The Hall–Kier alpha value is -1.18. The summed E-state index contributed by atoms with van der Waals surface area (Å²) in [5.74, 6) is -0.229. The molecule has 0 radical (unpaired) electrons. The summed E-state index contributed by atoms with van der Waals surface area (Å²) in [6.45, 7) is 3.59. The number of anilines is 1. The van der Waals surface area contributed by atoms with Gasteiger partial charge in [0, 0.05) is 25.0 Å². The van der Waals surface area contributed by atoms with Gasteiger partial charge in [-0.1, -0.05) is 23.1 Å². The number of nitrogens with two attached hydrogens (primary N) is 1. The van der Waals surface area contributed by atoms with Gasteiger partial charge in [-0.2, -0.15) is 0 Å². The van der Waals surface area contributed by atoms with Gasteiger partial charge in [0.05, 0.1) is 0 Å². The molecular weight excluding hydrogens is 295 g/mol. The van der Waals surface area contributed by atoms with Gasteiger partial charge in [0.15, 0.2) is 4.34 Å². The maximum absolute atomic E-state index is 13.7. The first-order chi connectivity index (χ1) is 9.38. The molecule has 0 fully saturated rings. The van der Waals surface area contributed by atoms with Crippen LogP contribution in [0.15, 0.2) is 21.4 Å². The molecule has 2 aromatic rings. The zero-order chi connectivity index (χ0) is 14.9. The Bertz CT molecular complexity index is 610. The highest BCUT2D eigenvalue weighted by molar-refractivity contribution is 8.01. The SMILES string of the molecule is Cc1cc(Sc2nnc(N(C)C)s2)c([C@@H](C)N)cc1F. The lowest BCUT2D eigenvalue weighted by Gasteiger charge is -2.12. The number of aromatic nitrogens is 2. The molecule has 0 aliphatic carbocycles. The average Bonchev–Trinajstić information content (AvgIpc) is 2.82. The van der Waals surface area contributed by atoms with E-state index in [2.05, 4.69) is 10.2 Å². The third-order valence-electron chi connectivity index (χ3n) is 2.76. The molecule has 0 aliphatic rings. The normalized spacial score (nSPS) is 12.5. The van der Waals surface area contributed by atoms with Crippen molar-refractivity contribution in [1.29, 1.82) is 0 Å². The summed E-state index contributed by atoms with van der Waals surface area (Å²) in [4.78, 5) is 2.84. The van der Waals surface area contributed by atoms with Gasteiger partial charge in [-0.25, -0.2) is 4.39 Å². The summed E-state index contributed by atoms with van der Waals surface area (Å²) in [5, 5.41) is 9.08. The van der Waals surface area contributed by atoms with Crippen LogP contribution < -0.4 is 10.6 Å². The highest BCUT2D eigenvalue weighted by Crippen LogP contribution is 2.37. The molecule has 0 amide bonds. The van der Waals surface area contributed by atoms with Gasteiger partial charge in [0.1, 0.15) is 5.82 Å². The largest absolute Gasteiger partial charge is 0.353 e. The number of hydrogen-bond acceptors (Lipinski definition) is 6. The predicted molar refractivity (Wildman–Crippen MR) is 82.1 cm³/mol. The fraction of sp³-hybridized carbons (Fsp3) is 0.385. The van der Waals surface area contributed by atoms with Crippen molar-refractivity contribution in [2.24, 2.45) is 5.73 Å². The van der Waals surface area contributed by atoms with E-state index in [9.17, 15) is 4.39 Å². The van der Waals surface area contributed by atoms with E-state index in [1.165, 1.54) is 29.2 Å². The van der Waals surface area contributed by atoms with Crippen molar-refractivity contribution in [3.63, 3.8) is 0 Å². The molecule has 0 saturated carbocycles. The third kappa shape index (κ3) is 3.28. The summed E-state index contributed by atoms with van der Waals surface area (Å²) < 4.78 is 14.5. The number of benzene rings is 1. The molecule has 4 nitrogen and oxygen atoms in total. The summed E-state index contributed by atoms with van der Waals surface area (Å²) in [6.07, 6.45) is 0. The molecule has 1 aromatic carbocycles. The van der Waals surface area contributed by atoms with Gasteiger partial charge in [-0.3, -0.25) is 0 Å². The minimum Gasteiger partial charge on any atom is -0.353 e. The van der Waals surface area contributed by atoms with E-state index in [1.807, 2.05) is 32.0 Å². The van der Waals surface area contributed by atoms with E-state index in [0.29, 0.717) is 5.56 Å². The second kappa shape index (κ2) is 6.07. The number of rotatable bonds is 4. The van der Waals surface area contributed by atoms with Gasteiger partial charge >= 0.3 is 0 Å². The first kappa shape index (κ1) is 15.2. The van der Waals surface area contributed by atoms with Crippen molar-refractivity contribution in [3.8, 4) is 0 Å². The first-order valence-corrected chi connectivity index (χ1v) is 7.76. The van der Waals surface area contributed by atoms with Crippen LogP contribution in [0.3, 0.4) is 0 Å². The molecule has 0 saturated heterocycles. The number of hydrogen-bond donors (Lipinski definition) is 1. The van der Waals surface area contributed by atoms with E-state index in [0.717, 1.165) is 19.9 Å². The van der Waals surface area contributed by atoms with Crippen molar-refractivity contribution in [3.05, 3.63) is 29.1 Å². The molecule has 0 bridgehead atoms. The molecule has 2 N–H and O–H groups in total. The molecule has 1 atom stereocenters. The molecule has 0 spiro atoms. The smallest absolute Gasteiger partial charge is 0.208 e. The highest BCUT2D eigenvalue weighted by Gasteiger charge is 2.15. The van der Waals surface area contributed by atoms with Crippen molar-refractivity contribution < 1.29 is 4.39 Å². The van der Waals surface area contributed by atoms with E-state index in [4.69, 9.17) is 5.73 Å². The quantitative estimate of drug-likeness (QED) is 0.939. The monoisotopic (exact) mass is 312 g/mol. The number of nitrogens with zero attached hydrogens (tertiary/aromatic N) is 3. The maximum atomic E-state index is 13.7. The van der Waals surface area contributed by atoms with Crippen molar-refractivity contribution >= 4 is 28.2 Å². The zero-order valence-corrected chi connectivity index (χ0v) is 13.5. The summed E-state index contributed by atoms with van der Waals surface area (Å²) >= 11 is 2.97. The summed E-state index contributed by atoms with van der Waals surface area (Å²) in [7, 11) is 3.84. The summed E-state index contributed by atoms with van der Waals surface area (Å²) in [6, 6.07) is 3.10. The third-order valence-corrected chi connectivity index (χ3v) is 4.97. The van der Waals surface area contributed by atoms with Crippen LogP contribution in [0.25, 0.3) is 0 Å². The average molecular weight is 312 g/mol. The van der Waals surface area contributed by atoms with Crippen LogP contribution >= 0.6 is 23.1 Å². The van der Waals surface area contributed by atoms with Crippen LogP contribution in [0.1, 0.15) is 24.1 Å². The lowest BCUT2D eigenvalue weighted by Crippen LogP contribution is -2.07. The van der Waals surface area contributed by atoms with Gasteiger partial charge in [-0.05, 0) is 37.1 Å². The van der Waals surface area contributed by atoms with Crippen LogP contribution in [0.4, 0.5) is 9.52 Å². The molecule has 0 aliphatic heterocycles. The second-order valence-electron chi connectivity index (χ2n) is 4.77. The second-order valence-corrected chi connectivity index (χ2v) is 7.02. The Morgan fingerprint density at radius 2 is 2.05 bits per heavy atom. The topological polar surface area (TPSA) is 55.0 Å². The fourth-order valence-corrected chi connectivity index (χ4v) is 3.66. The molecule has 108 valence electrons. The van der Waals surface area contributed by atoms with E-state index in [-0.39, 0.29) is 11.9 Å². The molecule has 7 heteroatoms. The van der Waals surface area contributed by atoms with Crippen LogP contribution in [-0.4, -0.2) is 24.3 Å². The Balaban J connectivity index is 2.34. The van der Waals surface area contributed by atoms with Crippen LogP contribution in [-0.2, 0) is 0 Å². The van der Waals surface area contributed by atoms with Crippen LogP contribution in [0.5, 0.6) is 0 Å². The minimum atomic E-state index is -0.229. The Labute approximate surface area is 126 Å². The summed E-state index contributed by atoms with van der Waals surface area (Å²) in [5.41, 5.74) is 7.32. The first-order valence-electron chi connectivity index (χ1n) is 6.12. The van der Waals surface area contributed by atoms with Crippen LogP contribution in [0.2, 0.25) is 0 Å². The van der Waals surface area contributed by atoms with Crippen LogP contribution in [0, 0.1) is 12.7 Å². The molecule has 2 rings (SSSR count). The van der Waals surface area contributed by atoms with Gasteiger partial charge in [-0.15, -0.1) is 10.2 Å². The Morgan fingerprint density at radius 1 is 1.35 bits per heavy atom. The number of halogens is 1. The van der Waals surface area contributed by atoms with Gasteiger partial charge in [0.2, 0.25) is 5.13 Å². The molecule has 1 heterocycles.